The highest BCUT2D eigenvalue weighted by Gasteiger charge is 2.24. The maximum atomic E-state index is 3.75. The van der Waals surface area contributed by atoms with E-state index in [1.54, 1.807) is 0 Å². The molecule has 0 amide bonds. The molecule has 1 heteroatoms. The topological polar surface area (TPSA) is 12.0 Å². The van der Waals surface area contributed by atoms with Crippen molar-refractivity contribution in [2.24, 2.45) is 5.92 Å². The van der Waals surface area contributed by atoms with Gasteiger partial charge >= 0.3 is 0 Å². The van der Waals surface area contributed by atoms with Crippen LogP contribution < -0.4 is 5.32 Å². The molecule has 0 bridgehead atoms. The Bertz CT molecular complexity index is 491. The Morgan fingerprint density at radius 3 is 1.90 bits per heavy atom. The van der Waals surface area contributed by atoms with E-state index in [9.17, 15) is 0 Å². The summed E-state index contributed by atoms with van der Waals surface area (Å²) in [7, 11) is 0. The average Bonchev–Trinajstić information content (AvgIpc) is 3.33. The summed E-state index contributed by atoms with van der Waals surface area (Å²) < 4.78 is 0. The van der Waals surface area contributed by atoms with Gasteiger partial charge < -0.3 is 5.32 Å². The third-order valence-electron chi connectivity index (χ3n) is 4.46. The van der Waals surface area contributed by atoms with E-state index < -0.39 is 0 Å². The van der Waals surface area contributed by atoms with E-state index in [-0.39, 0.29) is 0 Å². The van der Waals surface area contributed by atoms with Crippen molar-refractivity contribution in [1.82, 2.24) is 5.32 Å². The molecule has 1 nitrogen and oxygen atoms in total. The molecule has 0 spiro atoms. The van der Waals surface area contributed by atoms with Crippen molar-refractivity contribution in [1.29, 1.82) is 0 Å². The molecule has 1 atom stereocenters. The summed E-state index contributed by atoms with van der Waals surface area (Å²) in [4.78, 5) is 0. The van der Waals surface area contributed by atoms with Crippen LogP contribution in [0.4, 0.5) is 0 Å². The van der Waals surface area contributed by atoms with Crippen molar-refractivity contribution in [3.63, 3.8) is 0 Å². The van der Waals surface area contributed by atoms with Crippen LogP contribution in [0.25, 0.3) is 0 Å². The molecule has 2 aromatic carbocycles. The van der Waals surface area contributed by atoms with E-state index >= 15 is 0 Å². The normalized spacial score (nSPS) is 16.1. The molecule has 0 heterocycles. The molecule has 0 aliphatic heterocycles. The van der Waals surface area contributed by atoms with Gasteiger partial charge in [0.15, 0.2) is 0 Å². The van der Waals surface area contributed by atoms with E-state index in [4.69, 9.17) is 0 Å². The quantitative estimate of drug-likeness (QED) is 0.781. The van der Waals surface area contributed by atoms with E-state index in [0.717, 1.165) is 12.5 Å². The highest BCUT2D eigenvalue weighted by atomic mass is 14.9. The molecular formula is C20H25N. The molecule has 1 N–H and O–H groups in total. The van der Waals surface area contributed by atoms with Crippen LogP contribution in [0.3, 0.4) is 0 Å². The van der Waals surface area contributed by atoms with Crippen LogP contribution in [0.5, 0.6) is 0 Å². The van der Waals surface area contributed by atoms with Crippen molar-refractivity contribution in [3.05, 3.63) is 71.8 Å². The number of rotatable bonds is 7. The lowest BCUT2D eigenvalue weighted by molar-refractivity contribution is 0.477. The summed E-state index contributed by atoms with van der Waals surface area (Å²) in [6.45, 7) is 3.34. The highest BCUT2D eigenvalue weighted by molar-refractivity contribution is 5.32. The lowest BCUT2D eigenvalue weighted by atomic mass is 9.91. The summed E-state index contributed by atoms with van der Waals surface area (Å²) in [5.74, 6) is 1.42. The smallest absolute Gasteiger partial charge is 0.0214 e. The van der Waals surface area contributed by atoms with Crippen molar-refractivity contribution in [2.75, 3.05) is 6.54 Å². The van der Waals surface area contributed by atoms with Gasteiger partial charge in [0.2, 0.25) is 0 Å². The minimum atomic E-state index is 0.439. The van der Waals surface area contributed by atoms with Crippen LogP contribution in [0.1, 0.15) is 43.2 Å². The first-order valence-corrected chi connectivity index (χ1v) is 8.16. The zero-order valence-electron chi connectivity index (χ0n) is 12.8. The zero-order chi connectivity index (χ0) is 14.5. The molecule has 0 aromatic heterocycles. The molecule has 3 rings (SSSR count). The zero-order valence-corrected chi connectivity index (χ0v) is 12.8. The van der Waals surface area contributed by atoms with Crippen LogP contribution >= 0.6 is 0 Å². The molecule has 2 aromatic rings. The Balaban J connectivity index is 1.70. The summed E-state index contributed by atoms with van der Waals surface area (Å²) in [5.41, 5.74) is 2.80. The molecule has 21 heavy (non-hydrogen) atoms. The largest absolute Gasteiger partial charge is 0.313 e. The molecule has 1 unspecified atom stereocenters. The molecule has 110 valence electrons. The van der Waals surface area contributed by atoms with Crippen molar-refractivity contribution >= 4 is 0 Å². The molecule has 1 saturated carbocycles. The molecule has 1 aliphatic rings. The first-order valence-electron chi connectivity index (χ1n) is 8.16. The maximum absolute atomic E-state index is 3.75. The fourth-order valence-electron chi connectivity index (χ4n) is 3.05. The van der Waals surface area contributed by atoms with Crippen LogP contribution in [-0.4, -0.2) is 12.6 Å². The lowest BCUT2D eigenvalue weighted by Gasteiger charge is -2.22. The van der Waals surface area contributed by atoms with Gasteiger partial charge in [0.05, 0.1) is 0 Å². The first kappa shape index (κ1) is 14.3. The van der Waals surface area contributed by atoms with Gasteiger partial charge in [-0.3, -0.25) is 0 Å². The molecular weight excluding hydrogens is 254 g/mol. The Morgan fingerprint density at radius 1 is 0.905 bits per heavy atom. The fraction of sp³-hybridized carbons (Fsp3) is 0.400. The Hall–Kier alpha value is -1.60. The standard InChI is InChI=1S/C20H25N/c1-16(14-17-12-13-17)21-15-20(18-8-4-2-5-9-18)19-10-6-3-7-11-19/h2-11,16-17,20-21H,12-15H2,1H3. The Kier molecular flexibility index (Phi) is 4.72. The van der Waals surface area contributed by atoms with Gasteiger partial charge in [0.25, 0.3) is 0 Å². The summed E-state index contributed by atoms with van der Waals surface area (Å²) in [6.07, 6.45) is 4.20. The van der Waals surface area contributed by atoms with Crippen molar-refractivity contribution in [2.45, 2.75) is 38.1 Å². The molecule has 1 fully saturated rings. The number of benzene rings is 2. The SMILES string of the molecule is CC(CC1CC1)NCC(c1ccccc1)c1ccccc1. The predicted molar refractivity (Wildman–Crippen MR) is 89.5 cm³/mol. The summed E-state index contributed by atoms with van der Waals surface area (Å²) in [6, 6.07) is 22.3. The Labute approximate surface area is 128 Å². The van der Waals surface area contributed by atoms with Gasteiger partial charge in [-0.25, -0.2) is 0 Å². The van der Waals surface area contributed by atoms with Gasteiger partial charge in [0.1, 0.15) is 0 Å². The van der Waals surface area contributed by atoms with Crippen molar-refractivity contribution < 1.29 is 0 Å². The van der Waals surface area contributed by atoms with E-state index in [1.807, 2.05) is 0 Å². The van der Waals surface area contributed by atoms with Crippen LogP contribution in [0.15, 0.2) is 60.7 Å². The van der Waals surface area contributed by atoms with Gasteiger partial charge in [-0.2, -0.15) is 0 Å². The fourth-order valence-corrected chi connectivity index (χ4v) is 3.05. The molecule has 0 saturated heterocycles. The number of nitrogens with one attached hydrogen (secondary N) is 1. The van der Waals surface area contributed by atoms with Gasteiger partial charge in [-0.15, -0.1) is 0 Å². The second kappa shape index (κ2) is 6.91. The second-order valence-electron chi connectivity index (χ2n) is 6.36. The summed E-state index contributed by atoms with van der Waals surface area (Å²) >= 11 is 0. The average molecular weight is 279 g/mol. The van der Waals surface area contributed by atoms with E-state index in [1.165, 1.54) is 30.4 Å². The predicted octanol–water partition coefficient (Wildman–Crippen LogP) is 4.60. The monoisotopic (exact) mass is 279 g/mol. The van der Waals surface area contributed by atoms with E-state index in [0.29, 0.717) is 12.0 Å². The van der Waals surface area contributed by atoms with Crippen LogP contribution in [0, 0.1) is 5.92 Å². The first-order chi connectivity index (χ1) is 10.3. The van der Waals surface area contributed by atoms with Gasteiger partial charge in [-0.1, -0.05) is 73.5 Å². The minimum Gasteiger partial charge on any atom is -0.313 e. The number of hydrogen-bond donors (Lipinski definition) is 1. The number of hydrogen-bond acceptors (Lipinski definition) is 1. The summed E-state index contributed by atoms with van der Waals surface area (Å²) in [5, 5.41) is 3.75. The molecule has 0 radical (unpaired) electrons. The minimum absolute atomic E-state index is 0.439. The third kappa shape index (κ3) is 4.18. The van der Waals surface area contributed by atoms with E-state index in [2.05, 4.69) is 72.9 Å². The highest BCUT2D eigenvalue weighted by Crippen LogP contribution is 2.33. The molecule has 1 aliphatic carbocycles. The van der Waals surface area contributed by atoms with Gasteiger partial charge in [-0.05, 0) is 30.4 Å². The van der Waals surface area contributed by atoms with Crippen molar-refractivity contribution in [3.8, 4) is 0 Å². The second-order valence-corrected chi connectivity index (χ2v) is 6.36. The van der Waals surface area contributed by atoms with Crippen LogP contribution in [0.2, 0.25) is 0 Å². The third-order valence-corrected chi connectivity index (χ3v) is 4.46. The lowest BCUT2D eigenvalue weighted by Crippen LogP contribution is -2.31. The maximum Gasteiger partial charge on any atom is 0.0214 e. The van der Waals surface area contributed by atoms with Crippen LogP contribution in [-0.2, 0) is 0 Å². The Morgan fingerprint density at radius 2 is 1.43 bits per heavy atom. The van der Waals surface area contributed by atoms with Gasteiger partial charge in [0, 0.05) is 18.5 Å².